The lowest BCUT2D eigenvalue weighted by Crippen LogP contribution is -2.39. The molecule has 1 saturated carbocycles. The van der Waals surface area contributed by atoms with Crippen molar-refractivity contribution in [1.29, 1.82) is 0 Å². The molecule has 0 spiro atoms. The molecule has 12 nitrogen and oxygen atoms in total. The molecule has 1 fully saturated rings. The Kier molecular flexibility index (Phi) is 26.3. The predicted octanol–water partition coefficient (Wildman–Crippen LogP) is 4.60. The molecule has 2 amide bonds. The molecular formula is C30H55ClN2O10. The molecule has 1 unspecified atom stereocenters. The van der Waals surface area contributed by atoms with Crippen LogP contribution in [0.15, 0.2) is 0 Å². The minimum Gasteiger partial charge on any atom is -0.460 e. The standard InChI is InChI=1S/C30H55ClN2O10/c1-26(34)43-28(27-11-7-3-2-4-8-12-27)25-33-30(36)42-24-22-40-20-19-39-21-23-41-29(35)32-14-16-38-18-17-37-15-10-6-5-9-13-31/h27-28H,2-25H2,1H3,(H,32,35)(H,33,36). The molecule has 0 saturated heterocycles. The van der Waals surface area contributed by atoms with Gasteiger partial charge in [0.1, 0.15) is 19.3 Å². The van der Waals surface area contributed by atoms with Crippen LogP contribution in [0.1, 0.15) is 77.6 Å². The van der Waals surface area contributed by atoms with Crippen LogP contribution in [0.5, 0.6) is 0 Å². The Bertz CT molecular complexity index is 696. The summed E-state index contributed by atoms with van der Waals surface area (Å²) in [5.74, 6) is 0.618. The largest absolute Gasteiger partial charge is 0.460 e. The summed E-state index contributed by atoms with van der Waals surface area (Å²) in [6.07, 6.45) is 10.7. The second kappa shape index (κ2) is 28.9. The number of carbonyl (C=O) groups excluding carboxylic acids is 3. The van der Waals surface area contributed by atoms with E-state index in [2.05, 4.69) is 10.6 Å². The van der Waals surface area contributed by atoms with Crippen LogP contribution in [0.3, 0.4) is 0 Å². The molecule has 2 N–H and O–H groups in total. The van der Waals surface area contributed by atoms with Gasteiger partial charge in [-0.2, -0.15) is 0 Å². The van der Waals surface area contributed by atoms with Gasteiger partial charge in [-0.3, -0.25) is 4.79 Å². The molecule has 1 rings (SSSR count). The van der Waals surface area contributed by atoms with Crippen LogP contribution in [0, 0.1) is 5.92 Å². The van der Waals surface area contributed by atoms with Gasteiger partial charge in [-0.05, 0) is 31.6 Å². The minimum atomic E-state index is -0.570. The maximum atomic E-state index is 12.1. The normalized spacial score (nSPS) is 14.7. The number of unbranched alkanes of at least 4 members (excludes halogenated alkanes) is 3. The molecule has 1 aliphatic rings. The maximum absolute atomic E-state index is 12.1. The summed E-state index contributed by atoms with van der Waals surface area (Å²) < 4.78 is 37.3. The van der Waals surface area contributed by atoms with E-state index in [1.807, 2.05) is 0 Å². The highest BCUT2D eigenvalue weighted by Gasteiger charge is 2.25. The SMILES string of the molecule is CC(=O)OC(CNC(=O)OCCOCCOCCOC(=O)NCCOCCOCCCCCCCl)C1CCCCCCC1. The van der Waals surface area contributed by atoms with E-state index in [4.69, 9.17) is 44.8 Å². The predicted molar refractivity (Wildman–Crippen MR) is 163 cm³/mol. The summed E-state index contributed by atoms with van der Waals surface area (Å²) in [4.78, 5) is 35.3. The van der Waals surface area contributed by atoms with E-state index in [-0.39, 0.29) is 51.0 Å². The molecule has 1 atom stereocenters. The molecule has 0 bridgehead atoms. The van der Waals surface area contributed by atoms with Crippen molar-refractivity contribution in [3.63, 3.8) is 0 Å². The molecule has 0 aliphatic heterocycles. The zero-order valence-corrected chi connectivity index (χ0v) is 26.8. The average Bonchev–Trinajstić information content (AvgIpc) is 2.96. The minimum absolute atomic E-state index is 0.0863. The molecule has 0 aromatic heterocycles. The lowest BCUT2D eigenvalue weighted by atomic mass is 9.87. The smallest absolute Gasteiger partial charge is 0.407 e. The maximum Gasteiger partial charge on any atom is 0.407 e. The van der Waals surface area contributed by atoms with E-state index < -0.39 is 12.2 Å². The van der Waals surface area contributed by atoms with Gasteiger partial charge in [0.05, 0.1) is 52.8 Å². The summed E-state index contributed by atoms with van der Waals surface area (Å²) in [6, 6.07) is 0. The number of amides is 2. The topological polar surface area (TPSA) is 140 Å². The van der Waals surface area contributed by atoms with Gasteiger partial charge in [-0.15, -0.1) is 11.6 Å². The van der Waals surface area contributed by atoms with Gasteiger partial charge >= 0.3 is 18.2 Å². The number of ether oxygens (including phenoxy) is 7. The van der Waals surface area contributed by atoms with Crippen LogP contribution in [0.4, 0.5) is 9.59 Å². The van der Waals surface area contributed by atoms with Crippen LogP contribution in [-0.2, 0) is 38.0 Å². The number of rotatable bonds is 25. The van der Waals surface area contributed by atoms with Crippen LogP contribution >= 0.6 is 11.6 Å². The Balaban J connectivity index is 1.90. The molecule has 0 aromatic rings. The van der Waals surface area contributed by atoms with Crippen molar-refractivity contribution in [3.05, 3.63) is 0 Å². The Morgan fingerprint density at radius 2 is 1.16 bits per heavy atom. The first-order chi connectivity index (χ1) is 21.0. The highest BCUT2D eigenvalue weighted by Crippen LogP contribution is 2.26. The van der Waals surface area contributed by atoms with E-state index in [0.29, 0.717) is 45.5 Å². The molecule has 0 radical (unpaired) electrons. The summed E-state index contributed by atoms with van der Waals surface area (Å²) in [5.41, 5.74) is 0. The third-order valence-electron chi connectivity index (χ3n) is 6.79. The van der Waals surface area contributed by atoms with Crippen molar-refractivity contribution in [2.45, 2.75) is 83.7 Å². The van der Waals surface area contributed by atoms with E-state index in [1.54, 1.807) is 0 Å². The van der Waals surface area contributed by atoms with Gasteiger partial charge in [0.25, 0.3) is 0 Å². The number of hydrogen-bond acceptors (Lipinski definition) is 10. The zero-order chi connectivity index (χ0) is 31.2. The third kappa shape index (κ3) is 25.2. The number of esters is 1. The van der Waals surface area contributed by atoms with Crippen molar-refractivity contribution in [3.8, 4) is 0 Å². The van der Waals surface area contributed by atoms with Crippen molar-refractivity contribution in [1.82, 2.24) is 10.6 Å². The number of alkyl carbamates (subject to hydrolysis) is 2. The molecule has 252 valence electrons. The van der Waals surface area contributed by atoms with Gasteiger partial charge in [-0.1, -0.05) is 44.9 Å². The first-order valence-corrected chi connectivity index (χ1v) is 16.4. The molecular weight excluding hydrogens is 584 g/mol. The molecule has 43 heavy (non-hydrogen) atoms. The molecule has 0 heterocycles. The lowest BCUT2D eigenvalue weighted by molar-refractivity contribution is -0.149. The van der Waals surface area contributed by atoms with E-state index in [1.165, 1.54) is 26.2 Å². The Hall–Kier alpha value is -1.86. The number of nitrogens with one attached hydrogen (secondary N) is 2. The van der Waals surface area contributed by atoms with Gasteiger partial charge in [-0.25, -0.2) is 9.59 Å². The fourth-order valence-corrected chi connectivity index (χ4v) is 4.76. The lowest BCUT2D eigenvalue weighted by Gasteiger charge is -2.28. The fraction of sp³-hybridized carbons (Fsp3) is 0.900. The first-order valence-electron chi connectivity index (χ1n) is 15.9. The van der Waals surface area contributed by atoms with Gasteiger partial charge in [0, 0.05) is 26.0 Å². The Morgan fingerprint density at radius 1 is 0.651 bits per heavy atom. The van der Waals surface area contributed by atoms with Crippen molar-refractivity contribution < 1.29 is 47.5 Å². The summed E-state index contributed by atoms with van der Waals surface area (Å²) in [6.45, 7) is 5.36. The van der Waals surface area contributed by atoms with E-state index in [9.17, 15) is 14.4 Å². The van der Waals surface area contributed by atoms with E-state index >= 15 is 0 Å². The quantitative estimate of drug-likeness (QED) is 0.0631. The second-order valence-electron chi connectivity index (χ2n) is 10.4. The van der Waals surface area contributed by atoms with Crippen LogP contribution in [-0.4, -0.2) is 109 Å². The first kappa shape index (κ1) is 39.2. The van der Waals surface area contributed by atoms with Crippen LogP contribution in [0.25, 0.3) is 0 Å². The molecule has 1 aliphatic carbocycles. The van der Waals surface area contributed by atoms with Gasteiger partial charge in [0.2, 0.25) is 0 Å². The highest BCUT2D eigenvalue weighted by molar-refractivity contribution is 6.17. The van der Waals surface area contributed by atoms with Crippen molar-refractivity contribution in [2.75, 3.05) is 85.0 Å². The summed E-state index contributed by atoms with van der Waals surface area (Å²) in [7, 11) is 0. The zero-order valence-electron chi connectivity index (χ0n) is 26.1. The molecule has 0 aromatic carbocycles. The monoisotopic (exact) mass is 638 g/mol. The van der Waals surface area contributed by atoms with Gasteiger partial charge in [0.15, 0.2) is 0 Å². The van der Waals surface area contributed by atoms with Crippen LogP contribution < -0.4 is 10.6 Å². The third-order valence-corrected chi connectivity index (χ3v) is 7.06. The number of alkyl halides is 1. The van der Waals surface area contributed by atoms with Gasteiger partial charge < -0.3 is 43.8 Å². The summed E-state index contributed by atoms with van der Waals surface area (Å²) >= 11 is 5.64. The highest BCUT2D eigenvalue weighted by atomic mass is 35.5. The Labute approximate surface area is 262 Å². The fourth-order valence-electron chi connectivity index (χ4n) is 4.57. The average molecular weight is 639 g/mol. The van der Waals surface area contributed by atoms with Crippen molar-refractivity contribution >= 4 is 29.8 Å². The summed E-state index contributed by atoms with van der Waals surface area (Å²) in [5, 5.41) is 5.32. The van der Waals surface area contributed by atoms with Crippen LogP contribution in [0.2, 0.25) is 0 Å². The number of halogens is 1. The van der Waals surface area contributed by atoms with E-state index in [0.717, 1.165) is 58.0 Å². The molecule has 13 heteroatoms. The van der Waals surface area contributed by atoms with Crippen molar-refractivity contribution in [2.24, 2.45) is 5.92 Å². The second-order valence-corrected chi connectivity index (χ2v) is 10.8. The Morgan fingerprint density at radius 3 is 1.77 bits per heavy atom. The number of hydrogen-bond donors (Lipinski definition) is 2. The number of carbonyl (C=O) groups is 3.